The van der Waals surface area contributed by atoms with E-state index in [-0.39, 0.29) is 18.1 Å². The first kappa shape index (κ1) is 24.0. The topological polar surface area (TPSA) is 84.9 Å². The number of anilines is 1. The van der Waals surface area contributed by atoms with E-state index in [2.05, 4.69) is 65.7 Å². The molecular formula is C19H18Br3NO5S. The standard InChI is InChI=1S/C19H18Br3NO5S/c20-11-3-5-13(6-4-11)23-19(26)28-16(2-1-7-27-17(24)10-29)14-8-12(21)9-15(22)18(14)25/h3-6,8-9,16,25,29H,1-2,7,10H2,(H,23,26)/t16-/m0/s1. The van der Waals surface area contributed by atoms with Crippen LogP contribution in [0.25, 0.3) is 0 Å². The Bertz CT molecular complexity index is 864. The monoisotopic (exact) mass is 609 g/mol. The summed E-state index contributed by atoms with van der Waals surface area (Å²) >= 11 is 13.8. The first-order chi connectivity index (χ1) is 13.8. The summed E-state index contributed by atoms with van der Waals surface area (Å²) in [7, 11) is 0. The Morgan fingerprint density at radius 3 is 2.45 bits per heavy atom. The summed E-state index contributed by atoms with van der Waals surface area (Å²) in [5, 5.41) is 13.1. The zero-order chi connectivity index (χ0) is 21.4. The van der Waals surface area contributed by atoms with Crippen molar-refractivity contribution in [1.82, 2.24) is 0 Å². The number of thiol groups is 1. The van der Waals surface area contributed by atoms with Gasteiger partial charge in [0.05, 0.1) is 16.8 Å². The molecule has 0 unspecified atom stereocenters. The highest BCUT2D eigenvalue weighted by Crippen LogP contribution is 2.38. The van der Waals surface area contributed by atoms with Gasteiger partial charge in [-0.3, -0.25) is 10.1 Å². The van der Waals surface area contributed by atoms with Crippen molar-refractivity contribution in [3.63, 3.8) is 0 Å². The summed E-state index contributed by atoms with van der Waals surface area (Å²) in [6.45, 7) is 0.156. The van der Waals surface area contributed by atoms with Crippen LogP contribution in [0.15, 0.2) is 49.8 Å². The van der Waals surface area contributed by atoms with E-state index in [1.54, 1.807) is 36.4 Å². The predicted octanol–water partition coefficient (Wildman–Crippen LogP) is 6.22. The van der Waals surface area contributed by atoms with E-state index < -0.39 is 18.2 Å². The van der Waals surface area contributed by atoms with E-state index in [0.717, 1.165) is 4.47 Å². The number of amides is 1. The minimum absolute atomic E-state index is 0.00507. The third-order valence-electron chi connectivity index (χ3n) is 3.75. The molecular weight excluding hydrogens is 594 g/mol. The molecule has 0 saturated heterocycles. The summed E-state index contributed by atoms with van der Waals surface area (Å²) in [5.74, 6) is -0.455. The Labute approximate surface area is 199 Å². The van der Waals surface area contributed by atoms with Crippen LogP contribution in [-0.4, -0.2) is 29.5 Å². The minimum Gasteiger partial charge on any atom is -0.506 e. The van der Waals surface area contributed by atoms with Crippen LogP contribution >= 0.6 is 60.4 Å². The Hall–Kier alpha value is -1.23. The lowest BCUT2D eigenvalue weighted by atomic mass is 10.0. The molecule has 0 spiro atoms. The van der Waals surface area contributed by atoms with Gasteiger partial charge in [0.2, 0.25) is 0 Å². The van der Waals surface area contributed by atoms with E-state index in [0.29, 0.717) is 33.0 Å². The number of nitrogens with one attached hydrogen (secondary N) is 1. The number of esters is 1. The summed E-state index contributed by atoms with van der Waals surface area (Å²) in [5.41, 5.74) is 0.997. The zero-order valence-corrected chi connectivity index (χ0v) is 20.7. The number of ether oxygens (including phenoxy) is 2. The number of phenols is 1. The van der Waals surface area contributed by atoms with Gasteiger partial charge in [-0.25, -0.2) is 4.79 Å². The third-order valence-corrected chi connectivity index (χ3v) is 5.60. The molecule has 0 aliphatic heterocycles. The van der Waals surface area contributed by atoms with E-state index in [1.807, 2.05) is 0 Å². The van der Waals surface area contributed by atoms with E-state index >= 15 is 0 Å². The average molecular weight is 612 g/mol. The van der Waals surface area contributed by atoms with Gasteiger partial charge in [-0.15, -0.1) is 0 Å². The quantitative estimate of drug-likeness (QED) is 0.187. The molecule has 2 N–H and O–H groups in total. The molecule has 0 aromatic heterocycles. The fraction of sp³-hybridized carbons (Fsp3) is 0.263. The molecule has 0 fully saturated rings. The van der Waals surface area contributed by atoms with Gasteiger partial charge in [0, 0.05) is 20.2 Å². The molecule has 1 atom stereocenters. The molecule has 0 radical (unpaired) electrons. The van der Waals surface area contributed by atoms with E-state index in [1.165, 1.54) is 0 Å². The zero-order valence-electron chi connectivity index (χ0n) is 15.0. The number of carbonyl (C=O) groups is 2. The van der Waals surface area contributed by atoms with Crippen molar-refractivity contribution < 1.29 is 24.2 Å². The average Bonchev–Trinajstić information content (AvgIpc) is 2.68. The molecule has 156 valence electrons. The van der Waals surface area contributed by atoms with Gasteiger partial charge < -0.3 is 14.6 Å². The Morgan fingerprint density at radius 1 is 1.10 bits per heavy atom. The first-order valence-electron chi connectivity index (χ1n) is 8.47. The normalized spacial score (nSPS) is 11.6. The Kier molecular flexibility index (Phi) is 9.81. The van der Waals surface area contributed by atoms with Crippen molar-refractivity contribution in [3.8, 4) is 5.75 Å². The highest BCUT2D eigenvalue weighted by molar-refractivity contribution is 9.11. The van der Waals surface area contributed by atoms with Crippen LogP contribution in [0.5, 0.6) is 5.75 Å². The maximum Gasteiger partial charge on any atom is 0.412 e. The smallest absolute Gasteiger partial charge is 0.412 e. The van der Waals surface area contributed by atoms with Crippen molar-refractivity contribution >= 4 is 78.2 Å². The van der Waals surface area contributed by atoms with Crippen molar-refractivity contribution in [2.75, 3.05) is 17.7 Å². The van der Waals surface area contributed by atoms with E-state index in [9.17, 15) is 14.7 Å². The lowest BCUT2D eigenvalue weighted by molar-refractivity contribution is -0.140. The number of benzene rings is 2. The SMILES string of the molecule is O=C(CS)OCCC[C@H](OC(=O)Nc1ccc(Br)cc1)c1cc(Br)cc(Br)c1O. The molecule has 10 heteroatoms. The van der Waals surface area contributed by atoms with Gasteiger partial charge in [-0.05, 0) is 65.2 Å². The predicted molar refractivity (Wildman–Crippen MR) is 125 cm³/mol. The summed E-state index contributed by atoms with van der Waals surface area (Å²) in [6.07, 6.45) is -0.655. The number of rotatable bonds is 8. The highest BCUT2D eigenvalue weighted by Gasteiger charge is 2.22. The second-order valence-electron chi connectivity index (χ2n) is 5.87. The number of hydrogen-bond acceptors (Lipinski definition) is 6. The second kappa shape index (κ2) is 11.8. The maximum absolute atomic E-state index is 12.4. The fourth-order valence-corrected chi connectivity index (χ4v) is 4.03. The second-order valence-corrected chi connectivity index (χ2v) is 8.87. The van der Waals surface area contributed by atoms with Crippen LogP contribution in [0, 0.1) is 0 Å². The molecule has 0 aliphatic carbocycles. The molecule has 6 nitrogen and oxygen atoms in total. The van der Waals surface area contributed by atoms with Gasteiger partial charge >= 0.3 is 12.1 Å². The molecule has 29 heavy (non-hydrogen) atoms. The molecule has 1 amide bonds. The summed E-state index contributed by atoms with van der Waals surface area (Å²) in [4.78, 5) is 23.6. The molecule has 2 aromatic carbocycles. The molecule has 0 aliphatic rings. The lowest BCUT2D eigenvalue weighted by Gasteiger charge is -2.20. The Morgan fingerprint density at radius 2 is 1.79 bits per heavy atom. The van der Waals surface area contributed by atoms with Crippen LogP contribution in [0.3, 0.4) is 0 Å². The van der Waals surface area contributed by atoms with Crippen LogP contribution in [0.4, 0.5) is 10.5 Å². The van der Waals surface area contributed by atoms with Crippen LogP contribution in [0.2, 0.25) is 0 Å². The highest BCUT2D eigenvalue weighted by atomic mass is 79.9. The third kappa shape index (κ3) is 7.84. The first-order valence-corrected chi connectivity index (χ1v) is 11.5. The number of carbonyl (C=O) groups excluding carboxylic acids is 2. The maximum atomic E-state index is 12.4. The van der Waals surface area contributed by atoms with Crippen molar-refractivity contribution in [3.05, 3.63) is 55.4 Å². The lowest BCUT2D eigenvalue weighted by Crippen LogP contribution is -2.18. The number of aromatic hydroxyl groups is 1. The fourth-order valence-electron chi connectivity index (χ4n) is 2.42. The van der Waals surface area contributed by atoms with Gasteiger partial charge in [0.25, 0.3) is 0 Å². The van der Waals surface area contributed by atoms with Crippen molar-refractivity contribution in [2.24, 2.45) is 0 Å². The number of phenolic OH excluding ortho intramolecular Hbond substituents is 1. The van der Waals surface area contributed by atoms with Crippen LogP contribution < -0.4 is 5.32 Å². The largest absolute Gasteiger partial charge is 0.506 e. The van der Waals surface area contributed by atoms with E-state index in [4.69, 9.17) is 9.47 Å². The number of hydrogen-bond donors (Lipinski definition) is 3. The molecule has 0 heterocycles. The van der Waals surface area contributed by atoms with Gasteiger partial charge in [0.15, 0.2) is 0 Å². The Balaban J connectivity index is 2.12. The minimum atomic E-state index is -0.756. The van der Waals surface area contributed by atoms with Crippen LogP contribution in [0.1, 0.15) is 24.5 Å². The summed E-state index contributed by atoms with van der Waals surface area (Å²) in [6, 6.07) is 10.4. The van der Waals surface area contributed by atoms with Gasteiger partial charge in [-0.2, -0.15) is 12.6 Å². The molecule has 2 rings (SSSR count). The van der Waals surface area contributed by atoms with Crippen LogP contribution in [-0.2, 0) is 14.3 Å². The van der Waals surface area contributed by atoms with Crippen molar-refractivity contribution in [2.45, 2.75) is 18.9 Å². The van der Waals surface area contributed by atoms with Gasteiger partial charge in [0.1, 0.15) is 11.9 Å². The van der Waals surface area contributed by atoms with Crippen molar-refractivity contribution in [1.29, 1.82) is 0 Å². The number of halogens is 3. The molecule has 0 saturated carbocycles. The van der Waals surface area contributed by atoms with Gasteiger partial charge in [-0.1, -0.05) is 31.9 Å². The summed E-state index contributed by atoms with van der Waals surface area (Å²) < 4.78 is 12.6. The molecule has 2 aromatic rings. The molecule has 0 bridgehead atoms.